The molecule has 1 saturated heterocycles. The van der Waals surface area contributed by atoms with Crippen LogP contribution in [0.2, 0.25) is 0 Å². The van der Waals surface area contributed by atoms with E-state index in [0.29, 0.717) is 30.1 Å². The monoisotopic (exact) mass is 596 g/mol. The summed E-state index contributed by atoms with van der Waals surface area (Å²) in [6, 6.07) is 2.97. The van der Waals surface area contributed by atoms with Gasteiger partial charge in [0.15, 0.2) is 0 Å². The Morgan fingerprint density at radius 1 is 0.977 bits per heavy atom. The first-order chi connectivity index (χ1) is 20.3. The molecule has 43 heavy (non-hydrogen) atoms. The number of rotatable bonds is 9. The van der Waals surface area contributed by atoms with Crippen molar-refractivity contribution in [2.45, 2.75) is 123 Å². The van der Waals surface area contributed by atoms with Gasteiger partial charge in [-0.2, -0.15) is 0 Å². The predicted octanol–water partition coefficient (Wildman–Crippen LogP) is 8.28. The van der Waals surface area contributed by atoms with Gasteiger partial charge >= 0.3 is 5.97 Å². The fourth-order valence-electron chi connectivity index (χ4n) is 10.9. The Hall–Kier alpha value is -2.55. The van der Waals surface area contributed by atoms with E-state index < -0.39 is 27.2 Å². The van der Waals surface area contributed by atoms with Crippen LogP contribution in [0.3, 0.4) is 0 Å². The van der Waals surface area contributed by atoms with Crippen molar-refractivity contribution in [3.8, 4) is 0 Å². The summed E-state index contributed by atoms with van der Waals surface area (Å²) < 4.78 is 12.5. The quantitative estimate of drug-likeness (QED) is 0.121. The normalized spacial score (nSPS) is 40.0. The zero-order chi connectivity index (χ0) is 30.9. The van der Waals surface area contributed by atoms with E-state index in [9.17, 15) is 25.0 Å². The van der Waals surface area contributed by atoms with Gasteiger partial charge in [0.1, 0.15) is 11.7 Å². The van der Waals surface area contributed by atoms with Gasteiger partial charge in [-0.05, 0) is 85.9 Å². The third-order valence-corrected chi connectivity index (χ3v) is 13.1. The first-order valence-corrected chi connectivity index (χ1v) is 16.6. The van der Waals surface area contributed by atoms with Crippen LogP contribution >= 0.6 is 0 Å². The average Bonchev–Trinajstić information content (AvgIpc) is 3.53. The molecule has 0 bridgehead atoms. The van der Waals surface area contributed by atoms with Gasteiger partial charge < -0.3 is 9.47 Å². The number of hydrogen-bond donors (Lipinski definition) is 0. The number of benzene rings is 1. The second-order valence-corrected chi connectivity index (χ2v) is 15.6. The number of carbonyl (C=O) groups is 1. The fraction of sp³-hybridized carbons (Fsp3) is 0.794. The number of fused-ring (bicyclic) bond motifs is 4. The summed E-state index contributed by atoms with van der Waals surface area (Å²) in [6.45, 7) is 12.2. The molecule has 0 N–H and O–H groups in total. The molecule has 1 aliphatic heterocycles. The minimum absolute atomic E-state index is 0.0378. The Labute approximate surface area is 254 Å². The van der Waals surface area contributed by atoms with Gasteiger partial charge in [-0.15, -0.1) is 0 Å². The molecule has 9 heteroatoms. The van der Waals surface area contributed by atoms with Crippen molar-refractivity contribution in [3.05, 3.63) is 44.0 Å². The molecular weight excluding hydrogens is 548 g/mol. The summed E-state index contributed by atoms with van der Waals surface area (Å²) in [5, 5.41) is 22.6. The molecule has 0 aromatic heterocycles. The van der Waals surface area contributed by atoms with Gasteiger partial charge in [-0.25, -0.2) is 4.79 Å². The number of nitro benzene ring substituents is 2. The Bertz CT molecular complexity index is 1270. The molecule has 1 spiro atoms. The van der Waals surface area contributed by atoms with Crippen LogP contribution < -0.4 is 0 Å². The third kappa shape index (κ3) is 4.98. The van der Waals surface area contributed by atoms with E-state index in [1.54, 1.807) is 0 Å². The lowest BCUT2D eigenvalue weighted by Gasteiger charge is -2.59. The highest BCUT2D eigenvalue weighted by molar-refractivity contribution is 5.91. The molecule has 5 fully saturated rings. The van der Waals surface area contributed by atoms with E-state index in [2.05, 4.69) is 34.6 Å². The van der Waals surface area contributed by atoms with Crippen LogP contribution in [-0.4, -0.2) is 33.6 Å². The SMILES string of the molecule is CC(C)CCC[C@H](C)[C@@H]1CC[C@@H]2[C@@H]3C[C@@H]4O[C@@]45C[C@H](OC(=O)c4cc([N+](=O)[O-])cc([N+](=O)[O-])c4)CC[C@]5(C)[C@H]3CC[C@@]21C. The standard InChI is InChI=1S/C34H48N2O7/c1-20(2)7-6-8-21(3)27-9-10-28-26-18-30-34(43-30)19-25(11-14-33(34,5)29(26)12-13-32(27,28)4)42-31(37)22-15-23(35(38)39)17-24(16-22)36(40)41/h15-17,20-21,25-30H,6-14,18-19H2,1-5H3/t21-,25+,26-,27-,28+,29-,30-,32+,33+,34-/m0/s1. The van der Waals surface area contributed by atoms with E-state index in [1.807, 2.05) is 0 Å². The number of nitrogens with zero attached hydrogens (tertiary/aromatic N) is 2. The lowest BCUT2D eigenvalue weighted by Crippen LogP contribution is -2.59. The number of esters is 1. The predicted molar refractivity (Wildman–Crippen MR) is 162 cm³/mol. The molecule has 10 atom stereocenters. The van der Waals surface area contributed by atoms with Crippen molar-refractivity contribution < 1.29 is 24.1 Å². The molecular formula is C34H48N2O7. The van der Waals surface area contributed by atoms with Gasteiger partial charge in [0.2, 0.25) is 0 Å². The van der Waals surface area contributed by atoms with Crippen molar-refractivity contribution >= 4 is 17.3 Å². The first-order valence-electron chi connectivity index (χ1n) is 16.6. The lowest BCUT2D eigenvalue weighted by molar-refractivity contribution is -0.394. The minimum atomic E-state index is -0.754. The Morgan fingerprint density at radius 3 is 2.33 bits per heavy atom. The van der Waals surface area contributed by atoms with Crippen LogP contribution in [0.5, 0.6) is 0 Å². The maximum Gasteiger partial charge on any atom is 0.338 e. The van der Waals surface area contributed by atoms with Crippen LogP contribution in [0.15, 0.2) is 18.2 Å². The van der Waals surface area contributed by atoms with E-state index in [4.69, 9.17) is 9.47 Å². The minimum Gasteiger partial charge on any atom is -0.459 e. The van der Waals surface area contributed by atoms with Gasteiger partial charge in [-0.3, -0.25) is 20.2 Å². The lowest BCUT2D eigenvalue weighted by atomic mass is 9.44. The van der Waals surface area contributed by atoms with E-state index in [1.165, 1.54) is 44.9 Å². The van der Waals surface area contributed by atoms with E-state index in [-0.39, 0.29) is 28.8 Å². The summed E-state index contributed by atoms with van der Waals surface area (Å²) >= 11 is 0. The summed E-state index contributed by atoms with van der Waals surface area (Å²) in [4.78, 5) is 34.3. The molecule has 0 unspecified atom stereocenters. The van der Waals surface area contributed by atoms with Crippen molar-refractivity contribution in [2.75, 3.05) is 0 Å². The molecule has 0 radical (unpaired) electrons. The zero-order valence-corrected chi connectivity index (χ0v) is 26.4. The molecule has 1 aromatic rings. The summed E-state index contributed by atoms with van der Waals surface area (Å²) in [5.74, 6) is 3.65. The fourth-order valence-corrected chi connectivity index (χ4v) is 10.9. The van der Waals surface area contributed by atoms with Crippen LogP contribution in [0.4, 0.5) is 11.4 Å². The molecule has 236 valence electrons. The van der Waals surface area contributed by atoms with Gasteiger partial charge in [0, 0.05) is 24.0 Å². The van der Waals surface area contributed by atoms with Crippen molar-refractivity contribution in [3.63, 3.8) is 0 Å². The summed E-state index contributed by atoms with van der Waals surface area (Å²) in [5.41, 5.74) is -0.994. The molecule has 6 rings (SSSR count). The highest BCUT2D eigenvalue weighted by Crippen LogP contribution is 2.74. The molecule has 1 heterocycles. The second kappa shape index (κ2) is 10.8. The Morgan fingerprint density at radius 2 is 1.67 bits per heavy atom. The van der Waals surface area contributed by atoms with Crippen LogP contribution in [-0.2, 0) is 9.47 Å². The average molecular weight is 597 g/mol. The summed E-state index contributed by atoms with van der Waals surface area (Å²) in [7, 11) is 0. The smallest absolute Gasteiger partial charge is 0.338 e. The number of hydrogen-bond acceptors (Lipinski definition) is 7. The first kappa shape index (κ1) is 30.5. The van der Waals surface area contributed by atoms with Crippen molar-refractivity contribution in [1.29, 1.82) is 0 Å². The molecule has 4 aliphatic carbocycles. The van der Waals surface area contributed by atoms with Gasteiger partial charge in [0.05, 0.1) is 27.6 Å². The molecule has 0 amide bonds. The van der Waals surface area contributed by atoms with E-state index >= 15 is 0 Å². The maximum atomic E-state index is 13.1. The van der Waals surface area contributed by atoms with Crippen LogP contribution in [0.25, 0.3) is 0 Å². The largest absolute Gasteiger partial charge is 0.459 e. The van der Waals surface area contributed by atoms with Gasteiger partial charge in [-0.1, -0.05) is 53.9 Å². The number of non-ortho nitro benzene ring substituents is 2. The second-order valence-electron chi connectivity index (χ2n) is 15.6. The number of ether oxygens (including phenoxy) is 2. The van der Waals surface area contributed by atoms with Crippen molar-refractivity contribution in [1.82, 2.24) is 0 Å². The van der Waals surface area contributed by atoms with Gasteiger partial charge in [0.25, 0.3) is 11.4 Å². The third-order valence-electron chi connectivity index (χ3n) is 13.1. The van der Waals surface area contributed by atoms with Crippen LogP contribution in [0, 0.1) is 66.6 Å². The topological polar surface area (TPSA) is 125 Å². The highest BCUT2D eigenvalue weighted by atomic mass is 16.6. The number of carbonyl (C=O) groups excluding carboxylic acids is 1. The Kier molecular flexibility index (Phi) is 7.66. The Balaban J connectivity index is 1.14. The molecule has 1 aromatic carbocycles. The molecule has 9 nitrogen and oxygen atoms in total. The molecule has 4 saturated carbocycles. The highest BCUT2D eigenvalue weighted by Gasteiger charge is 2.76. The summed E-state index contributed by atoms with van der Waals surface area (Å²) in [6.07, 6.45) is 12.4. The zero-order valence-electron chi connectivity index (χ0n) is 26.4. The molecule has 5 aliphatic rings. The van der Waals surface area contributed by atoms with E-state index in [0.717, 1.165) is 54.7 Å². The van der Waals surface area contributed by atoms with Crippen LogP contribution in [0.1, 0.15) is 116 Å². The van der Waals surface area contributed by atoms with Crippen molar-refractivity contribution in [2.24, 2.45) is 46.3 Å². The number of epoxide rings is 1. The maximum absolute atomic E-state index is 13.1. The number of nitro groups is 2.